The van der Waals surface area contributed by atoms with Gasteiger partial charge in [-0.15, -0.1) is 11.3 Å². The van der Waals surface area contributed by atoms with Gasteiger partial charge in [-0.1, -0.05) is 0 Å². The van der Waals surface area contributed by atoms with Crippen LogP contribution in [0.4, 0.5) is 15.8 Å². The Kier molecular flexibility index (Phi) is 6.83. The number of aromatic nitrogens is 1. The van der Waals surface area contributed by atoms with Crippen LogP contribution in [0.3, 0.4) is 0 Å². The van der Waals surface area contributed by atoms with Crippen molar-refractivity contribution in [1.29, 1.82) is 0 Å². The van der Waals surface area contributed by atoms with Crippen LogP contribution in [0.15, 0.2) is 53.1 Å². The van der Waals surface area contributed by atoms with E-state index in [9.17, 15) is 14.0 Å². The van der Waals surface area contributed by atoms with Crippen molar-refractivity contribution >= 4 is 34.5 Å². The highest BCUT2D eigenvalue weighted by Crippen LogP contribution is 2.35. The fraction of sp³-hybridized carbons (Fsp3) is 0.160. The van der Waals surface area contributed by atoms with Gasteiger partial charge in [0.25, 0.3) is 11.8 Å². The highest BCUT2D eigenvalue weighted by molar-refractivity contribution is 7.17. The molecule has 180 valence electrons. The number of furan rings is 1. The number of hydrogen-bond donors (Lipinski definition) is 2. The molecule has 0 atom stereocenters. The van der Waals surface area contributed by atoms with Crippen LogP contribution in [0.2, 0.25) is 0 Å². The molecule has 0 fully saturated rings. The molecule has 0 bridgehead atoms. The zero-order valence-corrected chi connectivity index (χ0v) is 20.2. The number of ether oxygens (including phenoxy) is 2. The van der Waals surface area contributed by atoms with Gasteiger partial charge < -0.3 is 24.5 Å². The van der Waals surface area contributed by atoms with Crippen molar-refractivity contribution in [3.8, 4) is 22.1 Å². The fourth-order valence-corrected chi connectivity index (χ4v) is 4.35. The van der Waals surface area contributed by atoms with Crippen LogP contribution in [0.5, 0.6) is 11.5 Å². The number of benzene rings is 2. The summed E-state index contributed by atoms with van der Waals surface area (Å²) in [6.45, 7) is 3.37. The predicted molar refractivity (Wildman–Crippen MR) is 131 cm³/mol. The van der Waals surface area contributed by atoms with Crippen LogP contribution in [-0.2, 0) is 0 Å². The number of rotatable bonds is 7. The van der Waals surface area contributed by atoms with Crippen molar-refractivity contribution in [2.75, 3.05) is 24.9 Å². The van der Waals surface area contributed by atoms with Crippen LogP contribution < -0.4 is 20.1 Å². The van der Waals surface area contributed by atoms with E-state index in [2.05, 4.69) is 15.6 Å². The number of nitrogens with zero attached hydrogens (tertiary/aromatic N) is 1. The van der Waals surface area contributed by atoms with Crippen LogP contribution in [0.1, 0.15) is 31.5 Å². The summed E-state index contributed by atoms with van der Waals surface area (Å²) in [4.78, 5) is 30.3. The minimum Gasteiger partial charge on any atom is -0.493 e. The monoisotopic (exact) mass is 495 g/mol. The number of methoxy groups -OCH3 is 2. The summed E-state index contributed by atoms with van der Waals surface area (Å²) in [7, 11) is 3.10. The first-order valence-corrected chi connectivity index (χ1v) is 11.3. The van der Waals surface area contributed by atoms with E-state index in [0.717, 1.165) is 5.56 Å². The van der Waals surface area contributed by atoms with Gasteiger partial charge in [0, 0.05) is 11.3 Å². The van der Waals surface area contributed by atoms with Gasteiger partial charge in [-0.05, 0) is 56.3 Å². The molecule has 8 nitrogen and oxygen atoms in total. The molecule has 0 spiro atoms. The number of hydrogen-bond acceptors (Lipinski definition) is 7. The lowest BCUT2D eigenvalue weighted by molar-refractivity contribution is 0.101. The number of carbonyl (C=O) groups excluding carboxylic acids is 2. The van der Waals surface area contributed by atoms with Gasteiger partial charge in [-0.25, -0.2) is 9.37 Å². The molecule has 35 heavy (non-hydrogen) atoms. The Morgan fingerprint density at radius 2 is 1.74 bits per heavy atom. The number of amides is 2. The Bertz CT molecular complexity index is 1410. The highest BCUT2D eigenvalue weighted by atomic mass is 32.1. The maximum atomic E-state index is 14.3. The van der Waals surface area contributed by atoms with Crippen LogP contribution in [0.25, 0.3) is 10.6 Å². The van der Waals surface area contributed by atoms with Crippen molar-refractivity contribution in [2.24, 2.45) is 0 Å². The first kappa shape index (κ1) is 24.0. The SMILES string of the molecule is COc1ccc(-c2nc(C)c(C(=O)Nc3ccc(F)c(NC(=O)c4ccoc4C)c3)s2)cc1OC. The molecule has 0 unspecified atom stereocenters. The molecule has 2 heterocycles. The maximum Gasteiger partial charge on any atom is 0.267 e. The average Bonchev–Trinajstić information content (AvgIpc) is 3.46. The van der Waals surface area contributed by atoms with E-state index < -0.39 is 17.6 Å². The third-order valence-electron chi connectivity index (χ3n) is 5.21. The molecule has 2 aromatic carbocycles. The predicted octanol–water partition coefficient (Wildman–Crippen LogP) is 5.68. The molecule has 0 aliphatic carbocycles. The van der Waals surface area contributed by atoms with E-state index in [1.165, 1.54) is 41.9 Å². The van der Waals surface area contributed by atoms with E-state index in [0.29, 0.717) is 44.1 Å². The van der Waals surface area contributed by atoms with E-state index in [-0.39, 0.29) is 5.69 Å². The Hall–Kier alpha value is -4.18. The van der Waals surface area contributed by atoms with E-state index in [1.807, 2.05) is 6.07 Å². The van der Waals surface area contributed by atoms with Crippen molar-refractivity contribution in [3.05, 3.63) is 76.4 Å². The molecule has 0 saturated heterocycles. The number of aryl methyl sites for hydroxylation is 2. The molecule has 0 aliphatic rings. The number of thiazole rings is 1. The lowest BCUT2D eigenvalue weighted by atomic mass is 10.2. The maximum absolute atomic E-state index is 14.3. The lowest BCUT2D eigenvalue weighted by Crippen LogP contribution is -2.15. The van der Waals surface area contributed by atoms with E-state index >= 15 is 0 Å². The van der Waals surface area contributed by atoms with Crippen molar-refractivity contribution in [1.82, 2.24) is 4.98 Å². The average molecular weight is 496 g/mol. The number of anilines is 2. The van der Waals surface area contributed by atoms with Crippen molar-refractivity contribution in [2.45, 2.75) is 13.8 Å². The lowest BCUT2D eigenvalue weighted by Gasteiger charge is -2.09. The molecule has 0 saturated carbocycles. The standard InChI is InChI=1S/C25H22FN3O5S/c1-13-22(35-25(27-13)15-5-8-20(32-3)21(11-15)33-4)24(31)28-16-6-7-18(26)19(12-16)29-23(30)17-9-10-34-14(17)2/h5-12H,1-4H3,(H,28,31)(H,29,30). The molecule has 2 N–H and O–H groups in total. The minimum absolute atomic E-state index is 0.0690. The van der Waals surface area contributed by atoms with Gasteiger partial charge in [0.1, 0.15) is 21.5 Å². The van der Waals surface area contributed by atoms with Gasteiger partial charge in [-0.3, -0.25) is 9.59 Å². The molecule has 4 rings (SSSR count). The van der Waals surface area contributed by atoms with Gasteiger partial charge in [0.15, 0.2) is 11.5 Å². The van der Waals surface area contributed by atoms with Crippen molar-refractivity contribution < 1.29 is 27.9 Å². The zero-order chi connectivity index (χ0) is 25.1. The topological polar surface area (TPSA) is 103 Å². The Morgan fingerprint density at radius 3 is 2.43 bits per heavy atom. The highest BCUT2D eigenvalue weighted by Gasteiger charge is 2.19. The summed E-state index contributed by atoms with van der Waals surface area (Å²) in [5, 5.41) is 5.88. The van der Waals surface area contributed by atoms with Crippen molar-refractivity contribution in [3.63, 3.8) is 0 Å². The second-order valence-electron chi connectivity index (χ2n) is 7.50. The quantitative estimate of drug-likeness (QED) is 0.342. The third kappa shape index (κ3) is 5.02. The molecular formula is C25H22FN3O5S. The Balaban J connectivity index is 1.54. The summed E-state index contributed by atoms with van der Waals surface area (Å²) in [6, 6.07) is 10.8. The number of nitrogens with one attached hydrogen (secondary N) is 2. The second-order valence-corrected chi connectivity index (χ2v) is 8.50. The van der Waals surface area contributed by atoms with Gasteiger partial charge in [0.2, 0.25) is 0 Å². The first-order chi connectivity index (χ1) is 16.8. The smallest absolute Gasteiger partial charge is 0.267 e. The molecule has 4 aromatic rings. The Morgan fingerprint density at radius 1 is 0.971 bits per heavy atom. The third-order valence-corrected chi connectivity index (χ3v) is 6.41. The molecule has 10 heteroatoms. The summed E-state index contributed by atoms with van der Waals surface area (Å²) in [6.07, 6.45) is 1.38. The largest absolute Gasteiger partial charge is 0.493 e. The summed E-state index contributed by atoms with van der Waals surface area (Å²) < 4.78 is 30.1. The molecule has 2 aromatic heterocycles. The van der Waals surface area contributed by atoms with Gasteiger partial charge >= 0.3 is 0 Å². The molecule has 2 amide bonds. The molecule has 0 radical (unpaired) electrons. The summed E-state index contributed by atoms with van der Waals surface area (Å²) in [5.41, 5.74) is 1.86. The van der Waals surface area contributed by atoms with Crippen LogP contribution in [0, 0.1) is 19.7 Å². The first-order valence-electron chi connectivity index (χ1n) is 10.5. The molecular weight excluding hydrogens is 473 g/mol. The number of carbonyl (C=O) groups is 2. The zero-order valence-electron chi connectivity index (χ0n) is 19.4. The van der Waals surface area contributed by atoms with E-state index in [1.54, 1.807) is 40.2 Å². The normalized spacial score (nSPS) is 10.7. The summed E-state index contributed by atoms with van der Waals surface area (Å²) in [5.74, 6) is -0.00158. The van der Waals surface area contributed by atoms with Crippen LogP contribution >= 0.6 is 11.3 Å². The fourth-order valence-electron chi connectivity index (χ4n) is 3.40. The molecule has 0 aliphatic heterocycles. The minimum atomic E-state index is -0.637. The second kappa shape index (κ2) is 9.98. The van der Waals surface area contributed by atoms with E-state index in [4.69, 9.17) is 13.9 Å². The van der Waals surface area contributed by atoms with Gasteiger partial charge in [-0.2, -0.15) is 0 Å². The van der Waals surface area contributed by atoms with Crippen LogP contribution in [-0.4, -0.2) is 31.0 Å². The number of halogens is 1. The van der Waals surface area contributed by atoms with Gasteiger partial charge in [0.05, 0.1) is 37.4 Å². The summed E-state index contributed by atoms with van der Waals surface area (Å²) >= 11 is 1.22. The Labute approximate surface area is 204 Å².